The number of rotatable bonds is 13. The van der Waals surface area contributed by atoms with E-state index in [9.17, 15) is 24.0 Å². The lowest BCUT2D eigenvalue weighted by molar-refractivity contribution is -0.145. The molecule has 264 valence electrons. The van der Waals surface area contributed by atoms with Crippen LogP contribution in [0.2, 0.25) is 0 Å². The van der Waals surface area contributed by atoms with Gasteiger partial charge in [-0.1, -0.05) is 72.2 Å². The van der Waals surface area contributed by atoms with Gasteiger partial charge in [0.25, 0.3) is 0 Å². The number of amides is 2. The average molecular weight is 693 g/mol. The van der Waals surface area contributed by atoms with Crippen molar-refractivity contribution >= 4 is 29.5 Å². The second-order valence-electron chi connectivity index (χ2n) is 12.3. The molecule has 2 aromatic rings. The van der Waals surface area contributed by atoms with Crippen molar-refractivity contribution < 1.29 is 42.9 Å². The van der Waals surface area contributed by atoms with Gasteiger partial charge in [0.15, 0.2) is 6.10 Å². The van der Waals surface area contributed by atoms with Crippen molar-refractivity contribution in [2.75, 3.05) is 21.3 Å². The molecule has 0 bridgehead atoms. The molecule has 5 atom stereocenters. The number of benzene rings is 2. The molecule has 1 heterocycles. The summed E-state index contributed by atoms with van der Waals surface area (Å²) in [6.45, 7) is 1.87. The van der Waals surface area contributed by atoms with Crippen molar-refractivity contribution in [3.05, 3.63) is 112 Å². The zero-order valence-corrected chi connectivity index (χ0v) is 28.9. The van der Waals surface area contributed by atoms with E-state index in [-0.39, 0.29) is 24.0 Å². The van der Waals surface area contributed by atoms with Crippen LogP contribution in [0, 0.1) is 24.7 Å². The summed E-state index contributed by atoms with van der Waals surface area (Å²) in [4.78, 5) is 66.3. The summed E-state index contributed by atoms with van der Waals surface area (Å²) in [5.41, 5.74) is 3.66. The van der Waals surface area contributed by atoms with Crippen LogP contribution in [0.25, 0.3) is 0 Å². The Kier molecular flexibility index (Phi) is 12.0. The van der Waals surface area contributed by atoms with E-state index >= 15 is 0 Å². The van der Waals surface area contributed by atoms with Crippen molar-refractivity contribution in [2.45, 2.75) is 56.9 Å². The van der Waals surface area contributed by atoms with Gasteiger partial charge < -0.3 is 29.6 Å². The molecule has 2 N–H and O–H groups in total. The van der Waals surface area contributed by atoms with Crippen LogP contribution < -0.4 is 15.4 Å². The van der Waals surface area contributed by atoms with Gasteiger partial charge in [-0.3, -0.25) is 14.4 Å². The molecule has 1 saturated heterocycles. The molecule has 11 nitrogen and oxygen atoms in total. The molecule has 0 saturated carbocycles. The molecule has 11 heteroatoms. The van der Waals surface area contributed by atoms with Gasteiger partial charge in [0.2, 0.25) is 17.6 Å². The summed E-state index contributed by atoms with van der Waals surface area (Å²) >= 11 is 0. The smallest absolute Gasteiger partial charge is 0.328 e. The van der Waals surface area contributed by atoms with Crippen LogP contribution in [0.1, 0.15) is 42.1 Å². The predicted molar refractivity (Wildman–Crippen MR) is 187 cm³/mol. The summed E-state index contributed by atoms with van der Waals surface area (Å²) in [7, 11) is 4.02. The van der Waals surface area contributed by atoms with Gasteiger partial charge in [0.1, 0.15) is 17.8 Å². The Balaban J connectivity index is 1.50. The third-order valence-corrected chi connectivity index (χ3v) is 8.97. The summed E-state index contributed by atoms with van der Waals surface area (Å²) in [5.74, 6) is 1.74. The predicted octanol–water partition coefficient (Wildman–Crippen LogP) is 3.72. The Hall–Kier alpha value is -5.73. The Morgan fingerprint density at radius 1 is 0.961 bits per heavy atom. The van der Waals surface area contributed by atoms with Crippen LogP contribution in [0.4, 0.5) is 0 Å². The van der Waals surface area contributed by atoms with Crippen LogP contribution in [-0.2, 0) is 44.6 Å². The van der Waals surface area contributed by atoms with Crippen LogP contribution in [0.3, 0.4) is 0 Å². The molecule has 1 aliphatic heterocycles. The number of hydrogen-bond donors (Lipinski definition) is 2. The molecule has 3 aliphatic rings. The lowest BCUT2D eigenvalue weighted by atomic mass is 9.82. The number of methoxy groups -OCH3 is 3. The van der Waals surface area contributed by atoms with E-state index < -0.39 is 59.7 Å². The zero-order chi connectivity index (χ0) is 36.5. The molecule has 51 heavy (non-hydrogen) atoms. The maximum atomic E-state index is 14.4. The minimum atomic E-state index is -1.22. The Morgan fingerprint density at radius 2 is 1.69 bits per heavy atom. The van der Waals surface area contributed by atoms with Gasteiger partial charge in [-0.25, -0.2) is 9.59 Å². The van der Waals surface area contributed by atoms with E-state index in [0.29, 0.717) is 11.3 Å². The lowest BCUT2D eigenvalue weighted by Gasteiger charge is -2.24. The highest BCUT2D eigenvalue weighted by molar-refractivity contribution is 6.06. The second kappa shape index (κ2) is 16.8. The van der Waals surface area contributed by atoms with Gasteiger partial charge >= 0.3 is 11.9 Å². The van der Waals surface area contributed by atoms with E-state index in [1.165, 1.54) is 33.5 Å². The third kappa shape index (κ3) is 8.71. The number of carbonyl (C=O) groups is 5. The fourth-order valence-electron chi connectivity index (χ4n) is 6.35. The van der Waals surface area contributed by atoms with Gasteiger partial charge in [0.05, 0.1) is 33.4 Å². The molecule has 1 fully saturated rings. The van der Waals surface area contributed by atoms with Crippen molar-refractivity contribution in [2.24, 2.45) is 5.92 Å². The van der Waals surface area contributed by atoms with Crippen molar-refractivity contribution in [3.8, 4) is 17.6 Å². The van der Waals surface area contributed by atoms with Crippen molar-refractivity contribution in [1.29, 1.82) is 0 Å². The van der Waals surface area contributed by atoms with Crippen molar-refractivity contribution in [1.82, 2.24) is 10.6 Å². The number of hydrogen-bond acceptors (Lipinski definition) is 9. The molecule has 0 spiro atoms. The van der Waals surface area contributed by atoms with Gasteiger partial charge in [0, 0.05) is 18.1 Å². The Morgan fingerprint density at radius 3 is 2.35 bits per heavy atom. The SMILES string of the molecule is COC(=O)C(CC1=CC=CCC1)NC(=O)/C=C/C1=C2C(OC(c3ccc(C)c(OC)c3)C2C(=O)NC(Cc2ccccc2)C(=O)OC)C(=O)C#C1. The lowest BCUT2D eigenvalue weighted by Crippen LogP contribution is -2.46. The monoisotopic (exact) mass is 692 g/mol. The molecule has 2 amide bonds. The summed E-state index contributed by atoms with van der Waals surface area (Å²) in [5, 5.41) is 5.53. The minimum Gasteiger partial charge on any atom is -0.496 e. The normalized spacial score (nSPS) is 20.4. The Labute approximate surface area is 296 Å². The first kappa shape index (κ1) is 36.5. The minimum absolute atomic E-state index is 0.151. The average Bonchev–Trinajstić information content (AvgIpc) is 3.56. The number of ether oxygens (including phenoxy) is 4. The maximum absolute atomic E-state index is 14.4. The van der Waals surface area contributed by atoms with Gasteiger partial charge in [-0.05, 0) is 66.5 Å². The first-order valence-corrected chi connectivity index (χ1v) is 16.6. The fourth-order valence-corrected chi connectivity index (χ4v) is 6.35. The second-order valence-corrected chi connectivity index (χ2v) is 12.3. The molecular weight excluding hydrogens is 652 g/mol. The molecule has 0 aromatic heterocycles. The van der Waals surface area contributed by atoms with E-state index in [4.69, 9.17) is 18.9 Å². The van der Waals surface area contributed by atoms with E-state index in [2.05, 4.69) is 22.5 Å². The number of aryl methyl sites for hydroxylation is 1. The largest absolute Gasteiger partial charge is 0.496 e. The van der Waals surface area contributed by atoms with Crippen LogP contribution in [0.5, 0.6) is 5.75 Å². The number of esters is 2. The number of Topliss-reactive ketones (excluding diaryl/α,β-unsaturated/α-hetero) is 1. The number of ketones is 1. The first-order chi connectivity index (χ1) is 24.6. The fraction of sp³-hybridized carbons (Fsp3) is 0.325. The highest BCUT2D eigenvalue weighted by Crippen LogP contribution is 2.46. The maximum Gasteiger partial charge on any atom is 0.328 e. The number of nitrogens with one attached hydrogen (secondary N) is 2. The third-order valence-electron chi connectivity index (χ3n) is 8.97. The molecule has 2 aromatic carbocycles. The van der Waals surface area contributed by atoms with Crippen molar-refractivity contribution in [3.63, 3.8) is 0 Å². The topological polar surface area (TPSA) is 146 Å². The number of carbonyl (C=O) groups excluding carboxylic acids is 5. The zero-order valence-electron chi connectivity index (χ0n) is 28.9. The molecule has 0 radical (unpaired) electrons. The quantitative estimate of drug-likeness (QED) is 0.139. The summed E-state index contributed by atoms with van der Waals surface area (Å²) in [6.07, 6.45) is 8.26. The highest BCUT2D eigenvalue weighted by atomic mass is 16.5. The first-order valence-electron chi connectivity index (χ1n) is 16.6. The molecule has 2 aliphatic carbocycles. The Bertz CT molecular complexity index is 1880. The standard InChI is InChI=1S/C40H40N2O9/c1-24-15-16-28(23-32(24)48-2)36-35(38(45)42-30(40(47)50-4)22-26-13-9-6-10-14-26)34-27(17-19-31(43)37(34)51-36)18-20-33(44)41-29(39(46)49-3)21-25-11-7-5-8-12-25/h5-7,9-11,13-16,18,20,23,29-30,35-37H,8,12,21-22H2,1-4H3,(H,41,44)(H,42,45)/b20-18+. The number of allylic oxidation sites excluding steroid dienone is 5. The van der Waals surface area contributed by atoms with E-state index in [1.54, 1.807) is 12.1 Å². The van der Waals surface area contributed by atoms with Gasteiger partial charge in [-0.2, -0.15) is 0 Å². The highest BCUT2D eigenvalue weighted by Gasteiger charge is 2.50. The molecular formula is C40H40N2O9. The van der Waals surface area contributed by atoms with Crippen LogP contribution >= 0.6 is 0 Å². The molecule has 5 unspecified atom stereocenters. The van der Waals surface area contributed by atoms with Crippen LogP contribution in [-0.4, -0.2) is 69.1 Å². The van der Waals surface area contributed by atoms with Gasteiger partial charge in [-0.15, -0.1) is 0 Å². The summed E-state index contributed by atoms with van der Waals surface area (Å²) in [6, 6.07) is 12.5. The van der Waals surface area contributed by atoms with E-state index in [0.717, 1.165) is 29.5 Å². The molecule has 5 rings (SSSR count). The number of fused-ring (bicyclic) bond motifs is 1. The van der Waals surface area contributed by atoms with E-state index in [1.807, 2.05) is 61.5 Å². The van der Waals surface area contributed by atoms with Crippen LogP contribution in [0.15, 0.2) is 95.6 Å². The summed E-state index contributed by atoms with van der Waals surface area (Å²) < 4.78 is 21.8.